The Morgan fingerprint density at radius 2 is 2.12 bits per heavy atom. The summed E-state index contributed by atoms with van der Waals surface area (Å²) in [6, 6.07) is 10.1. The molecular weight excluding hydrogens is 285 g/mol. The molecule has 1 unspecified atom stereocenters. The van der Waals surface area contributed by atoms with Crippen LogP contribution < -0.4 is 0 Å². The molecule has 0 saturated heterocycles. The van der Waals surface area contributed by atoms with Gasteiger partial charge >= 0.3 is 0 Å². The molecule has 1 N–H and O–H groups in total. The normalized spacial score (nSPS) is 12.4. The van der Waals surface area contributed by atoms with Crippen molar-refractivity contribution in [2.45, 2.75) is 12.5 Å². The first-order valence-corrected chi connectivity index (χ1v) is 5.99. The van der Waals surface area contributed by atoms with E-state index in [9.17, 15) is 9.50 Å². The predicted molar refractivity (Wildman–Crippen MR) is 67.0 cm³/mol. The highest BCUT2D eigenvalue weighted by Gasteiger charge is 2.12. The number of aliphatic hydroxyl groups excluding tert-OH is 1. The molecule has 0 spiro atoms. The van der Waals surface area contributed by atoms with Gasteiger partial charge in [0.05, 0.1) is 5.69 Å². The molecule has 1 aromatic carbocycles. The van der Waals surface area contributed by atoms with Crippen LogP contribution in [0.3, 0.4) is 0 Å². The predicted octanol–water partition coefficient (Wildman–Crippen LogP) is 3.26. The zero-order chi connectivity index (χ0) is 12.3. The first kappa shape index (κ1) is 12.2. The standard InChI is InChI=1S/C13H11BrFNO/c14-10-5-4-9(11(15)8-10)7-13(17)12-3-1-2-6-16-12/h1-6,8,13,17H,7H2. The van der Waals surface area contributed by atoms with E-state index in [1.807, 2.05) is 0 Å². The van der Waals surface area contributed by atoms with Crippen molar-refractivity contribution in [1.82, 2.24) is 4.98 Å². The highest BCUT2D eigenvalue weighted by Crippen LogP contribution is 2.21. The molecule has 0 bridgehead atoms. The lowest BCUT2D eigenvalue weighted by molar-refractivity contribution is 0.172. The summed E-state index contributed by atoms with van der Waals surface area (Å²) in [7, 11) is 0. The van der Waals surface area contributed by atoms with Gasteiger partial charge in [-0.2, -0.15) is 0 Å². The summed E-state index contributed by atoms with van der Waals surface area (Å²) in [6.45, 7) is 0. The largest absolute Gasteiger partial charge is 0.386 e. The van der Waals surface area contributed by atoms with Crippen molar-refractivity contribution in [1.29, 1.82) is 0 Å². The van der Waals surface area contributed by atoms with E-state index < -0.39 is 6.10 Å². The van der Waals surface area contributed by atoms with Gasteiger partial charge in [0, 0.05) is 17.1 Å². The van der Waals surface area contributed by atoms with Crippen molar-refractivity contribution < 1.29 is 9.50 Å². The molecule has 0 saturated carbocycles. The zero-order valence-electron chi connectivity index (χ0n) is 8.98. The number of aromatic nitrogens is 1. The van der Waals surface area contributed by atoms with E-state index in [1.54, 1.807) is 36.5 Å². The molecule has 1 aromatic heterocycles. The van der Waals surface area contributed by atoms with E-state index in [0.717, 1.165) is 0 Å². The number of nitrogens with zero attached hydrogens (tertiary/aromatic N) is 1. The van der Waals surface area contributed by atoms with Crippen LogP contribution in [0.5, 0.6) is 0 Å². The number of hydrogen-bond donors (Lipinski definition) is 1. The van der Waals surface area contributed by atoms with Gasteiger partial charge in [0.2, 0.25) is 0 Å². The van der Waals surface area contributed by atoms with Gasteiger partial charge in [0.25, 0.3) is 0 Å². The first-order chi connectivity index (χ1) is 8.16. The molecule has 4 heteroatoms. The van der Waals surface area contributed by atoms with E-state index in [0.29, 0.717) is 15.7 Å². The van der Waals surface area contributed by atoms with Gasteiger partial charge < -0.3 is 5.11 Å². The van der Waals surface area contributed by atoms with E-state index in [-0.39, 0.29) is 12.2 Å². The zero-order valence-corrected chi connectivity index (χ0v) is 10.6. The molecule has 2 rings (SSSR count). The number of aliphatic hydroxyl groups is 1. The Balaban J connectivity index is 2.16. The smallest absolute Gasteiger partial charge is 0.127 e. The van der Waals surface area contributed by atoms with Crippen LogP contribution in [-0.4, -0.2) is 10.1 Å². The van der Waals surface area contributed by atoms with Crippen LogP contribution in [0.1, 0.15) is 17.4 Å². The number of halogens is 2. The Hall–Kier alpha value is -1.26. The van der Waals surface area contributed by atoms with Gasteiger partial charge in [-0.15, -0.1) is 0 Å². The number of pyridine rings is 1. The van der Waals surface area contributed by atoms with Gasteiger partial charge in [-0.1, -0.05) is 28.1 Å². The highest BCUT2D eigenvalue weighted by atomic mass is 79.9. The second kappa shape index (κ2) is 5.38. The molecule has 2 nitrogen and oxygen atoms in total. The van der Waals surface area contributed by atoms with Crippen molar-refractivity contribution in [3.63, 3.8) is 0 Å². The molecule has 0 aliphatic heterocycles. The molecule has 2 aromatic rings. The lowest BCUT2D eigenvalue weighted by atomic mass is 10.0. The van der Waals surface area contributed by atoms with Crippen LogP contribution in [0.4, 0.5) is 4.39 Å². The van der Waals surface area contributed by atoms with E-state index in [1.165, 1.54) is 6.07 Å². The van der Waals surface area contributed by atoms with Crippen molar-refractivity contribution >= 4 is 15.9 Å². The monoisotopic (exact) mass is 295 g/mol. The summed E-state index contributed by atoms with van der Waals surface area (Å²) < 4.78 is 14.3. The minimum absolute atomic E-state index is 0.218. The van der Waals surface area contributed by atoms with Crippen LogP contribution in [0.2, 0.25) is 0 Å². The Morgan fingerprint density at radius 1 is 1.29 bits per heavy atom. The fourth-order valence-corrected chi connectivity index (χ4v) is 1.91. The van der Waals surface area contributed by atoms with Gasteiger partial charge in [-0.05, 0) is 29.8 Å². The third kappa shape index (κ3) is 3.11. The molecule has 17 heavy (non-hydrogen) atoms. The van der Waals surface area contributed by atoms with E-state index in [4.69, 9.17) is 0 Å². The fourth-order valence-electron chi connectivity index (χ4n) is 1.57. The average molecular weight is 296 g/mol. The fraction of sp³-hybridized carbons (Fsp3) is 0.154. The topological polar surface area (TPSA) is 33.1 Å². The molecular formula is C13H11BrFNO. The second-order valence-corrected chi connectivity index (χ2v) is 4.63. The van der Waals surface area contributed by atoms with Gasteiger partial charge in [0.15, 0.2) is 0 Å². The number of rotatable bonds is 3. The van der Waals surface area contributed by atoms with Gasteiger partial charge in [-0.3, -0.25) is 4.98 Å². The summed E-state index contributed by atoms with van der Waals surface area (Å²) in [5.41, 5.74) is 1.03. The summed E-state index contributed by atoms with van der Waals surface area (Å²) >= 11 is 3.19. The molecule has 0 radical (unpaired) electrons. The second-order valence-electron chi connectivity index (χ2n) is 3.71. The number of benzene rings is 1. The number of hydrogen-bond acceptors (Lipinski definition) is 2. The molecule has 0 aliphatic carbocycles. The molecule has 0 aliphatic rings. The third-order valence-electron chi connectivity index (χ3n) is 2.46. The van der Waals surface area contributed by atoms with E-state index in [2.05, 4.69) is 20.9 Å². The van der Waals surface area contributed by atoms with E-state index >= 15 is 0 Å². The minimum Gasteiger partial charge on any atom is -0.386 e. The van der Waals surface area contributed by atoms with Gasteiger partial charge in [0.1, 0.15) is 11.9 Å². The summed E-state index contributed by atoms with van der Waals surface area (Å²) in [5, 5.41) is 9.93. The first-order valence-electron chi connectivity index (χ1n) is 5.20. The average Bonchev–Trinajstić information content (AvgIpc) is 2.34. The highest BCUT2D eigenvalue weighted by molar-refractivity contribution is 9.10. The van der Waals surface area contributed by atoms with Crippen LogP contribution in [0, 0.1) is 5.82 Å². The van der Waals surface area contributed by atoms with Gasteiger partial charge in [-0.25, -0.2) is 4.39 Å². The lowest BCUT2D eigenvalue weighted by Crippen LogP contribution is -2.05. The molecule has 1 heterocycles. The molecule has 0 fully saturated rings. The molecule has 0 amide bonds. The third-order valence-corrected chi connectivity index (χ3v) is 2.95. The maximum absolute atomic E-state index is 13.6. The maximum atomic E-state index is 13.6. The van der Waals surface area contributed by atoms with Crippen LogP contribution in [0.15, 0.2) is 47.1 Å². The molecule has 1 atom stereocenters. The summed E-state index contributed by atoms with van der Waals surface area (Å²) in [4.78, 5) is 4.04. The summed E-state index contributed by atoms with van der Waals surface area (Å²) in [5.74, 6) is -0.325. The quantitative estimate of drug-likeness (QED) is 0.943. The Kier molecular flexibility index (Phi) is 3.86. The van der Waals surface area contributed by atoms with Crippen molar-refractivity contribution in [3.8, 4) is 0 Å². The Morgan fingerprint density at radius 3 is 2.76 bits per heavy atom. The summed E-state index contributed by atoms with van der Waals surface area (Å²) in [6.07, 6.45) is 1.04. The van der Waals surface area contributed by atoms with Crippen molar-refractivity contribution in [3.05, 3.63) is 64.1 Å². The Bertz CT molecular complexity index is 504. The van der Waals surface area contributed by atoms with Crippen LogP contribution in [-0.2, 0) is 6.42 Å². The van der Waals surface area contributed by atoms with Crippen LogP contribution in [0.25, 0.3) is 0 Å². The lowest BCUT2D eigenvalue weighted by Gasteiger charge is -2.10. The SMILES string of the molecule is OC(Cc1ccc(Br)cc1F)c1ccccn1. The van der Waals surface area contributed by atoms with Crippen molar-refractivity contribution in [2.24, 2.45) is 0 Å². The minimum atomic E-state index is -0.785. The molecule has 88 valence electrons. The van der Waals surface area contributed by atoms with Crippen LogP contribution >= 0.6 is 15.9 Å². The maximum Gasteiger partial charge on any atom is 0.127 e. The van der Waals surface area contributed by atoms with Crippen molar-refractivity contribution in [2.75, 3.05) is 0 Å². The Labute approximate surface area is 107 Å².